The van der Waals surface area contributed by atoms with Crippen molar-refractivity contribution in [3.63, 3.8) is 0 Å². The molecule has 0 amide bonds. The normalized spacial score (nSPS) is 20.3. The second kappa shape index (κ2) is 6.44. The Morgan fingerprint density at radius 1 is 0.962 bits per heavy atom. The maximum atomic E-state index is 4.74. The van der Waals surface area contributed by atoms with Gasteiger partial charge >= 0.3 is 0 Å². The molecule has 1 saturated carbocycles. The van der Waals surface area contributed by atoms with Gasteiger partial charge in [0.2, 0.25) is 5.95 Å². The molecule has 1 aliphatic carbocycles. The van der Waals surface area contributed by atoms with Crippen LogP contribution in [-0.4, -0.2) is 48.2 Å². The molecule has 2 fully saturated rings. The van der Waals surface area contributed by atoms with Crippen molar-refractivity contribution < 1.29 is 0 Å². The summed E-state index contributed by atoms with van der Waals surface area (Å²) in [6.07, 6.45) is 11.5. The second-order valence-corrected chi connectivity index (χ2v) is 6.97. The lowest BCUT2D eigenvalue weighted by molar-refractivity contribution is 0.486. The molecule has 132 valence electrons. The SMILES string of the molecule is c1cnc(-c2ccnc(N3CCCC(c4n[nH]c(C5CC5)n4)C3)n2)cn1. The summed E-state index contributed by atoms with van der Waals surface area (Å²) in [7, 11) is 0. The third-order valence-electron chi connectivity index (χ3n) is 5.02. The lowest BCUT2D eigenvalue weighted by atomic mass is 9.97. The third kappa shape index (κ3) is 3.02. The second-order valence-electron chi connectivity index (χ2n) is 6.97. The summed E-state index contributed by atoms with van der Waals surface area (Å²) in [5.74, 6) is 3.63. The van der Waals surface area contributed by atoms with E-state index in [1.54, 1.807) is 24.8 Å². The minimum atomic E-state index is 0.316. The fraction of sp³-hybridized carbons (Fsp3) is 0.444. The molecule has 1 unspecified atom stereocenters. The molecule has 0 spiro atoms. The first-order valence-electron chi connectivity index (χ1n) is 9.13. The molecule has 1 saturated heterocycles. The van der Waals surface area contributed by atoms with Crippen LogP contribution in [-0.2, 0) is 0 Å². The Morgan fingerprint density at radius 3 is 2.77 bits per heavy atom. The zero-order chi connectivity index (χ0) is 17.3. The van der Waals surface area contributed by atoms with Crippen molar-refractivity contribution in [2.75, 3.05) is 18.0 Å². The average Bonchev–Trinajstić information content (AvgIpc) is 3.45. The first-order chi connectivity index (χ1) is 12.9. The topological polar surface area (TPSA) is 96.4 Å². The largest absolute Gasteiger partial charge is 0.340 e. The number of nitrogens with zero attached hydrogens (tertiary/aromatic N) is 7. The van der Waals surface area contributed by atoms with Crippen LogP contribution in [0, 0.1) is 0 Å². The number of aromatic amines is 1. The van der Waals surface area contributed by atoms with E-state index in [1.165, 1.54) is 12.8 Å². The molecule has 1 N–H and O–H groups in total. The van der Waals surface area contributed by atoms with E-state index in [1.807, 2.05) is 6.07 Å². The molecule has 3 aromatic rings. The Labute approximate surface area is 151 Å². The highest BCUT2D eigenvalue weighted by Crippen LogP contribution is 2.38. The molecule has 2 aliphatic rings. The summed E-state index contributed by atoms with van der Waals surface area (Å²) < 4.78 is 0. The molecular weight excluding hydrogens is 328 g/mol. The molecule has 5 rings (SSSR count). The highest BCUT2D eigenvalue weighted by molar-refractivity contribution is 5.54. The molecular formula is C18H20N8. The van der Waals surface area contributed by atoms with Gasteiger partial charge in [-0.2, -0.15) is 5.10 Å². The van der Waals surface area contributed by atoms with Crippen molar-refractivity contribution >= 4 is 5.95 Å². The van der Waals surface area contributed by atoms with E-state index in [0.717, 1.165) is 54.9 Å². The number of hydrogen-bond acceptors (Lipinski definition) is 7. The van der Waals surface area contributed by atoms with Gasteiger partial charge in [-0.1, -0.05) is 0 Å². The lowest BCUT2D eigenvalue weighted by Crippen LogP contribution is -2.36. The van der Waals surface area contributed by atoms with Gasteiger partial charge in [0, 0.05) is 43.5 Å². The first-order valence-corrected chi connectivity index (χ1v) is 9.13. The standard InChI is InChI=1S/C18H20N8/c1-2-13(17-23-16(24-25-17)12-3-4-12)11-26(9-1)18-21-6-5-14(22-18)15-10-19-7-8-20-15/h5-8,10,12-13H,1-4,9,11H2,(H,23,24,25). The molecule has 0 radical (unpaired) electrons. The van der Waals surface area contributed by atoms with Crippen LogP contribution < -0.4 is 4.90 Å². The van der Waals surface area contributed by atoms with E-state index in [4.69, 9.17) is 9.97 Å². The summed E-state index contributed by atoms with van der Waals surface area (Å²) in [6.45, 7) is 1.78. The van der Waals surface area contributed by atoms with Crippen LogP contribution in [0.3, 0.4) is 0 Å². The Bertz CT molecular complexity index is 889. The van der Waals surface area contributed by atoms with Gasteiger partial charge in [-0.05, 0) is 31.7 Å². The summed E-state index contributed by atoms with van der Waals surface area (Å²) >= 11 is 0. The number of anilines is 1. The van der Waals surface area contributed by atoms with E-state index in [-0.39, 0.29) is 0 Å². The summed E-state index contributed by atoms with van der Waals surface area (Å²) in [4.78, 5) is 24.6. The lowest BCUT2D eigenvalue weighted by Gasteiger charge is -2.31. The molecule has 3 aromatic heterocycles. The predicted octanol–water partition coefficient (Wildman–Crippen LogP) is 2.31. The van der Waals surface area contributed by atoms with E-state index in [9.17, 15) is 0 Å². The molecule has 8 heteroatoms. The van der Waals surface area contributed by atoms with Gasteiger partial charge in [-0.15, -0.1) is 0 Å². The Morgan fingerprint density at radius 2 is 1.92 bits per heavy atom. The summed E-state index contributed by atoms with van der Waals surface area (Å²) in [6, 6.07) is 1.87. The van der Waals surface area contributed by atoms with Crippen LogP contribution in [0.25, 0.3) is 11.4 Å². The van der Waals surface area contributed by atoms with Gasteiger partial charge in [0.05, 0.1) is 11.9 Å². The van der Waals surface area contributed by atoms with Crippen LogP contribution in [0.1, 0.15) is 49.2 Å². The van der Waals surface area contributed by atoms with Crippen molar-refractivity contribution in [2.45, 2.75) is 37.5 Å². The molecule has 26 heavy (non-hydrogen) atoms. The van der Waals surface area contributed by atoms with Crippen LogP contribution in [0.5, 0.6) is 0 Å². The fourth-order valence-corrected chi connectivity index (χ4v) is 3.45. The van der Waals surface area contributed by atoms with E-state index >= 15 is 0 Å². The predicted molar refractivity (Wildman–Crippen MR) is 95.6 cm³/mol. The number of rotatable bonds is 4. The molecule has 0 aromatic carbocycles. The average molecular weight is 348 g/mol. The van der Waals surface area contributed by atoms with Crippen molar-refractivity contribution in [3.8, 4) is 11.4 Å². The summed E-state index contributed by atoms with van der Waals surface area (Å²) in [5.41, 5.74) is 1.55. The van der Waals surface area contributed by atoms with Crippen LogP contribution >= 0.6 is 0 Å². The molecule has 4 heterocycles. The molecule has 1 aliphatic heterocycles. The Hall–Kier alpha value is -2.90. The number of H-pyrrole nitrogens is 1. The van der Waals surface area contributed by atoms with Gasteiger partial charge in [-0.3, -0.25) is 15.1 Å². The van der Waals surface area contributed by atoms with Crippen LogP contribution in [0.15, 0.2) is 30.9 Å². The molecule has 0 bridgehead atoms. The zero-order valence-corrected chi connectivity index (χ0v) is 14.4. The van der Waals surface area contributed by atoms with Crippen molar-refractivity contribution in [1.82, 2.24) is 35.1 Å². The van der Waals surface area contributed by atoms with Gasteiger partial charge in [0.15, 0.2) is 5.82 Å². The maximum Gasteiger partial charge on any atom is 0.225 e. The maximum absolute atomic E-state index is 4.74. The van der Waals surface area contributed by atoms with Gasteiger partial charge in [0.25, 0.3) is 0 Å². The zero-order valence-electron chi connectivity index (χ0n) is 14.4. The van der Waals surface area contributed by atoms with Gasteiger partial charge in [0.1, 0.15) is 11.5 Å². The third-order valence-corrected chi connectivity index (χ3v) is 5.02. The number of nitrogens with one attached hydrogen (secondary N) is 1. The smallest absolute Gasteiger partial charge is 0.225 e. The van der Waals surface area contributed by atoms with Gasteiger partial charge in [-0.25, -0.2) is 15.0 Å². The Kier molecular flexibility index (Phi) is 3.80. The number of aromatic nitrogens is 7. The highest BCUT2D eigenvalue weighted by atomic mass is 15.3. The summed E-state index contributed by atoms with van der Waals surface area (Å²) in [5, 5.41) is 7.60. The van der Waals surface area contributed by atoms with E-state index in [0.29, 0.717) is 11.8 Å². The van der Waals surface area contributed by atoms with Crippen molar-refractivity contribution in [3.05, 3.63) is 42.5 Å². The monoisotopic (exact) mass is 348 g/mol. The fourth-order valence-electron chi connectivity index (χ4n) is 3.45. The van der Waals surface area contributed by atoms with Crippen molar-refractivity contribution in [1.29, 1.82) is 0 Å². The number of hydrogen-bond donors (Lipinski definition) is 1. The van der Waals surface area contributed by atoms with E-state index < -0.39 is 0 Å². The van der Waals surface area contributed by atoms with Crippen LogP contribution in [0.2, 0.25) is 0 Å². The van der Waals surface area contributed by atoms with Gasteiger partial charge < -0.3 is 4.90 Å². The first kappa shape index (κ1) is 15.4. The highest BCUT2D eigenvalue weighted by Gasteiger charge is 2.30. The quantitative estimate of drug-likeness (QED) is 0.773. The number of piperidine rings is 1. The van der Waals surface area contributed by atoms with Crippen LogP contribution in [0.4, 0.5) is 5.95 Å². The van der Waals surface area contributed by atoms with E-state index in [2.05, 4.69) is 30.0 Å². The van der Waals surface area contributed by atoms with Crippen molar-refractivity contribution in [2.24, 2.45) is 0 Å². The Balaban J connectivity index is 1.36. The molecule has 8 nitrogen and oxygen atoms in total. The minimum absolute atomic E-state index is 0.316. The molecule has 1 atom stereocenters. The minimum Gasteiger partial charge on any atom is -0.340 e.